The van der Waals surface area contributed by atoms with E-state index < -0.39 is 6.36 Å². The van der Waals surface area contributed by atoms with Crippen LogP contribution in [0.5, 0.6) is 5.75 Å². The molecule has 21 heavy (non-hydrogen) atoms. The van der Waals surface area contributed by atoms with Gasteiger partial charge in [-0.25, -0.2) is 0 Å². The second kappa shape index (κ2) is 5.60. The van der Waals surface area contributed by atoms with Gasteiger partial charge in [0.05, 0.1) is 0 Å². The molecule has 2 rings (SSSR count). The van der Waals surface area contributed by atoms with Crippen molar-refractivity contribution in [2.45, 2.75) is 20.2 Å². The lowest BCUT2D eigenvalue weighted by molar-refractivity contribution is -0.274. The number of ketones is 1. The van der Waals surface area contributed by atoms with E-state index in [1.54, 1.807) is 12.1 Å². The Kier molecular flexibility index (Phi) is 4.02. The Bertz CT molecular complexity index is 658. The van der Waals surface area contributed by atoms with E-state index in [0.717, 1.165) is 23.3 Å². The van der Waals surface area contributed by atoms with Gasteiger partial charge in [-0.2, -0.15) is 0 Å². The van der Waals surface area contributed by atoms with Gasteiger partial charge in [0, 0.05) is 11.1 Å². The average molecular weight is 294 g/mol. The van der Waals surface area contributed by atoms with Gasteiger partial charge in [0.15, 0.2) is 5.78 Å². The van der Waals surface area contributed by atoms with Crippen LogP contribution in [0.2, 0.25) is 0 Å². The molecule has 0 saturated carbocycles. The lowest BCUT2D eigenvalue weighted by atomic mass is 9.96. The number of halogens is 3. The Balaban J connectivity index is 2.26. The highest BCUT2D eigenvalue weighted by Crippen LogP contribution is 2.24. The molecule has 0 fully saturated rings. The summed E-state index contributed by atoms with van der Waals surface area (Å²) in [5.74, 6) is -0.574. The van der Waals surface area contributed by atoms with Crippen LogP contribution in [0, 0.1) is 13.8 Å². The molecule has 0 N–H and O–H groups in total. The van der Waals surface area contributed by atoms with E-state index in [2.05, 4.69) is 4.74 Å². The highest BCUT2D eigenvalue weighted by atomic mass is 19.4. The molecule has 0 amide bonds. The first-order valence-electron chi connectivity index (χ1n) is 6.24. The van der Waals surface area contributed by atoms with Crippen LogP contribution >= 0.6 is 0 Å². The van der Waals surface area contributed by atoms with Crippen molar-refractivity contribution >= 4 is 5.78 Å². The largest absolute Gasteiger partial charge is 0.573 e. The second-order valence-electron chi connectivity index (χ2n) is 4.65. The summed E-state index contributed by atoms with van der Waals surface area (Å²) in [7, 11) is 0. The van der Waals surface area contributed by atoms with Gasteiger partial charge in [0.25, 0.3) is 0 Å². The quantitative estimate of drug-likeness (QED) is 0.783. The van der Waals surface area contributed by atoms with E-state index in [0.29, 0.717) is 11.1 Å². The maximum atomic E-state index is 12.4. The fourth-order valence-corrected chi connectivity index (χ4v) is 1.96. The summed E-state index contributed by atoms with van der Waals surface area (Å²) in [6.45, 7) is 3.73. The van der Waals surface area contributed by atoms with Crippen molar-refractivity contribution in [2.75, 3.05) is 0 Å². The van der Waals surface area contributed by atoms with Crippen molar-refractivity contribution in [1.29, 1.82) is 0 Å². The van der Waals surface area contributed by atoms with Crippen molar-refractivity contribution in [3.05, 3.63) is 64.7 Å². The molecule has 2 aromatic rings. The highest BCUT2D eigenvalue weighted by Gasteiger charge is 2.31. The molecular weight excluding hydrogens is 281 g/mol. The monoisotopic (exact) mass is 294 g/mol. The molecule has 5 heteroatoms. The van der Waals surface area contributed by atoms with E-state index in [-0.39, 0.29) is 11.5 Å². The molecule has 0 aliphatic carbocycles. The summed E-state index contributed by atoms with van der Waals surface area (Å²) in [4.78, 5) is 12.4. The van der Waals surface area contributed by atoms with Gasteiger partial charge in [0.1, 0.15) is 5.75 Å². The number of carbonyl (C=O) groups is 1. The maximum Gasteiger partial charge on any atom is 0.573 e. The summed E-state index contributed by atoms with van der Waals surface area (Å²) >= 11 is 0. The van der Waals surface area contributed by atoms with Crippen LogP contribution in [0.1, 0.15) is 27.0 Å². The molecule has 0 aliphatic heterocycles. The van der Waals surface area contributed by atoms with Crippen LogP contribution in [-0.2, 0) is 0 Å². The Morgan fingerprint density at radius 1 is 1.00 bits per heavy atom. The minimum absolute atomic E-state index is 0.227. The molecule has 0 aromatic heterocycles. The Hall–Kier alpha value is -2.30. The molecule has 0 radical (unpaired) electrons. The van der Waals surface area contributed by atoms with Crippen LogP contribution in [0.4, 0.5) is 13.2 Å². The predicted octanol–water partition coefficient (Wildman–Crippen LogP) is 4.43. The fraction of sp³-hybridized carbons (Fsp3) is 0.188. The standard InChI is InChI=1S/C16H13F3O2/c1-10-4-3-5-14(11(10)2)15(20)12-6-8-13(9-7-12)21-16(17,18)19/h3-9H,1-2H3. The average Bonchev–Trinajstić information content (AvgIpc) is 2.40. The third-order valence-corrected chi connectivity index (χ3v) is 3.20. The lowest BCUT2D eigenvalue weighted by Crippen LogP contribution is -2.17. The zero-order valence-electron chi connectivity index (χ0n) is 11.5. The molecule has 0 bridgehead atoms. The number of benzene rings is 2. The Morgan fingerprint density at radius 2 is 1.62 bits per heavy atom. The fourth-order valence-electron chi connectivity index (χ4n) is 1.96. The minimum Gasteiger partial charge on any atom is -0.406 e. The first kappa shape index (κ1) is 15.1. The van der Waals surface area contributed by atoms with Crippen LogP contribution in [0.15, 0.2) is 42.5 Å². The smallest absolute Gasteiger partial charge is 0.406 e. The summed E-state index contributed by atoms with van der Waals surface area (Å²) in [6.07, 6.45) is -4.74. The Labute approximate surface area is 120 Å². The van der Waals surface area contributed by atoms with E-state index in [9.17, 15) is 18.0 Å². The third-order valence-electron chi connectivity index (χ3n) is 3.20. The summed E-state index contributed by atoms with van der Waals surface area (Å²) in [6, 6.07) is 10.3. The minimum atomic E-state index is -4.74. The summed E-state index contributed by atoms with van der Waals surface area (Å²) in [5, 5.41) is 0. The summed E-state index contributed by atoms with van der Waals surface area (Å²) < 4.78 is 40.0. The molecule has 0 aliphatic rings. The number of carbonyl (C=O) groups excluding carboxylic acids is 1. The predicted molar refractivity (Wildman–Crippen MR) is 72.5 cm³/mol. The van der Waals surface area contributed by atoms with Crippen molar-refractivity contribution < 1.29 is 22.7 Å². The highest BCUT2D eigenvalue weighted by molar-refractivity contribution is 6.10. The number of alkyl halides is 3. The van der Waals surface area contributed by atoms with Crippen LogP contribution in [0.3, 0.4) is 0 Å². The first-order chi connectivity index (χ1) is 9.78. The summed E-state index contributed by atoms with van der Waals surface area (Å²) in [5.41, 5.74) is 2.70. The molecule has 0 heterocycles. The van der Waals surface area contributed by atoms with E-state index in [1.807, 2.05) is 19.9 Å². The number of aryl methyl sites for hydroxylation is 1. The molecule has 0 unspecified atom stereocenters. The second-order valence-corrected chi connectivity index (χ2v) is 4.65. The van der Waals surface area contributed by atoms with Crippen molar-refractivity contribution in [3.8, 4) is 5.75 Å². The van der Waals surface area contributed by atoms with Gasteiger partial charge in [0.2, 0.25) is 0 Å². The molecule has 0 atom stereocenters. The van der Waals surface area contributed by atoms with Crippen molar-refractivity contribution in [1.82, 2.24) is 0 Å². The molecule has 2 aromatic carbocycles. The van der Waals surface area contributed by atoms with Gasteiger partial charge < -0.3 is 4.74 Å². The topological polar surface area (TPSA) is 26.3 Å². The van der Waals surface area contributed by atoms with E-state index in [1.165, 1.54) is 12.1 Å². The van der Waals surface area contributed by atoms with Crippen LogP contribution in [0.25, 0.3) is 0 Å². The van der Waals surface area contributed by atoms with E-state index >= 15 is 0 Å². The Morgan fingerprint density at radius 3 is 2.19 bits per heavy atom. The number of hydrogen-bond acceptors (Lipinski definition) is 2. The first-order valence-corrected chi connectivity index (χ1v) is 6.24. The van der Waals surface area contributed by atoms with Crippen LogP contribution in [-0.4, -0.2) is 12.1 Å². The molecule has 0 saturated heterocycles. The normalized spacial score (nSPS) is 11.3. The van der Waals surface area contributed by atoms with E-state index in [4.69, 9.17) is 0 Å². The van der Waals surface area contributed by atoms with Crippen LogP contribution < -0.4 is 4.74 Å². The van der Waals surface area contributed by atoms with Gasteiger partial charge in [-0.1, -0.05) is 18.2 Å². The molecule has 110 valence electrons. The zero-order chi connectivity index (χ0) is 15.6. The van der Waals surface area contributed by atoms with Crippen molar-refractivity contribution in [3.63, 3.8) is 0 Å². The number of ether oxygens (including phenoxy) is 1. The zero-order valence-corrected chi connectivity index (χ0v) is 11.5. The van der Waals surface area contributed by atoms with Crippen molar-refractivity contribution in [2.24, 2.45) is 0 Å². The molecular formula is C16H13F3O2. The van der Waals surface area contributed by atoms with Gasteiger partial charge in [-0.05, 0) is 49.2 Å². The lowest BCUT2D eigenvalue weighted by Gasteiger charge is -2.10. The maximum absolute atomic E-state index is 12.4. The molecule has 0 spiro atoms. The number of rotatable bonds is 3. The number of hydrogen-bond donors (Lipinski definition) is 0. The van der Waals surface area contributed by atoms with Gasteiger partial charge in [-0.15, -0.1) is 13.2 Å². The molecule has 2 nitrogen and oxygen atoms in total. The van der Waals surface area contributed by atoms with Gasteiger partial charge >= 0.3 is 6.36 Å². The SMILES string of the molecule is Cc1cccc(C(=O)c2ccc(OC(F)(F)F)cc2)c1C. The van der Waals surface area contributed by atoms with Gasteiger partial charge in [-0.3, -0.25) is 4.79 Å². The third kappa shape index (κ3) is 3.62.